The van der Waals surface area contributed by atoms with Crippen molar-refractivity contribution in [2.75, 3.05) is 23.7 Å². The molecule has 2 heterocycles. The first-order valence-corrected chi connectivity index (χ1v) is 9.19. The molecule has 0 saturated carbocycles. The van der Waals surface area contributed by atoms with E-state index in [0.717, 1.165) is 38.8 Å². The number of carbonyl (C=O) groups excluding carboxylic acids is 2. The molecule has 2 aromatic rings. The average molecular weight is 382 g/mol. The Balaban J connectivity index is 1.57. The van der Waals surface area contributed by atoms with Gasteiger partial charge in [0.05, 0.1) is 5.56 Å². The minimum Gasteiger partial charge on any atom is -0.477 e. The summed E-state index contributed by atoms with van der Waals surface area (Å²) in [5.41, 5.74) is 1.34. The quantitative estimate of drug-likeness (QED) is 0.750. The second-order valence-corrected chi connectivity index (χ2v) is 6.60. The molecule has 0 spiro atoms. The molecule has 3 rings (SSSR count). The Bertz CT molecular complexity index is 842. The van der Waals surface area contributed by atoms with E-state index in [1.807, 2.05) is 4.90 Å². The van der Waals surface area contributed by atoms with Crippen LogP contribution in [-0.4, -0.2) is 46.0 Å². The van der Waals surface area contributed by atoms with Gasteiger partial charge in [-0.05, 0) is 49.2 Å². The number of urea groups is 1. The third-order valence-corrected chi connectivity index (χ3v) is 4.53. The number of aromatic carboxylic acids is 1. The number of rotatable bonds is 4. The van der Waals surface area contributed by atoms with Crippen molar-refractivity contribution in [1.82, 2.24) is 9.88 Å². The topological polar surface area (TPSA) is 112 Å². The second kappa shape index (κ2) is 8.98. The number of benzene rings is 1. The van der Waals surface area contributed by atoms with Crippen molar-refractivity contribution >= 4 is 29.3 Å². The number of nitrogens with zero attached hydrogens (tertiary/aromatic N) is 2. The Morgan fingerprint density at radius 1 is 0.857 bits per heavy atom. The fourth-order valence-electron chi connectivity index (χ4n) is 2.97. The summed E-state index contributed by atoms with van der Waals surface area (Å²) < 4.78 is 0. The molecule has 3 amide bonds. The van der Waals surface area contributed by atoms with Gasteiger partial charge in [-0.2, -0.15) is 0 Å². The zero-order valence-corrected chi connectivity index (χ0v) is 15.4. The molecule has 3 N–H and O–H groups in total. The van der Waals surface area contributed by atoms with Gasteiger partial charge in [-0.1, -0.05) is 12.8 Å². The Morgan fingerprint density at radius 3 is 2.00 bits per heavy atom. The monoisotopic (exact) mass is 382 g/mol. The normalized spacial score (nSPS) is 14.1. The van der Waals surface area contributed by atoms with E-state index in [4.69, 9.17) is 5.11 Å². The lowest BCUT2D eigenvalue weighted by Gasteiger charge is -2.20. The Kier molecular flexibility index (Phi) is 6.21. The zero-order chi connectivity index (χ0) is 19.9. The molecule has 0 unspecified atom stereocenters. The first-order valence-electron chi connectivity index (χ1n) is 9.19. The maximum absolute atomic E-state index is 12.3. The molecule has 1 fully saturated rings. The van der Waals surface area contributed by atoms with Gasteiger partial charge in [-0.3, -0.25) is 4.79 Å². The lowest BCUT2D eigenvalue weighted by Crippen LogP contribution is -2.35. The number of anilines is 2. The number of carboxylic acids is 1. The number of pyridine rings is 1. The first-order chi connectivity index (χ1) is 13.5. The fourth-order valence-corrected chi connectivity index (χ4v) is 2.97. The lowest BCUT2D eigenvalue weighted by atomic mass is 10.2. The van der Waals surface area contributed by atoms with Gasteiger partial charge < -0.3 is 20.6 Å². The molecule has 1 aromatic carbocycles. The average Bonchev–Trinajstić information content (AvgIpc) is 2.99. The molecule has 1 aromatic heterocycles. The van der Waals surface area contributed by atoms with Crippen LogP contribution in [0.25, 0.3) is 0 Å². The number of hydrogen-bond donors (Lipinski definition) is 3. The van der Waals surface area contributed by atoms with Crippen molar-refractivity contribution in [1.29, 1.82) is 0 Å². The molecular weight excluding hydrogens is 360 g/mol. The van der Waals surface area contributed by atoms with E-state index in [0.29, 0.717) is 11.4 Å². The molecule has 0 aliphatic carbocycles. The Labute approximate surface area is 162 Å². The third kappa shape index (κ3) is 5.06. The maximum Gasteiger partial charge on any atom is 0.354 e. The predicted molar refractivity (Wildman–Crippen MR) is 105 cm³/mol. The van der Waals surface area contributed by atoms with Crippen LogP contribution in [0.15, 0.2) is 42.6 Å². The number of hydrogen-bond acceptors (Lipinski definition) is 4. The number of carbonyl (C=O) groups is 3. The molecule has 8 heteroatoms. The van der Waals surface area contributed by atoms with Gasteiger partial charge >= 0.3 is 12.0 Å². The second-order valence-electron chi connectivity index (χ2n) is 6.60. The van der Waals surface area contributed by atoms with Crippen LogP contribution in [0.3, 0.4) is 0 Å². The van der Waals surface area contributed by atoms with Crippen LogP contribution in [-0.2, 0) is 0 Å². The van der Waals surface area contributed by atoms with E-state index in [1.54, 1.807) is 24.3 Å². The van der Waals surface area contributed by atoms with Crippen LogP contribution in [0.1, 0.15) is 46.5 Å². The summed E-state index contributed by atoms with van der Waals surface area (Å²) in [6.45, 7) is 1.54. The highest BCUT2D eigenvalue weighted by molar-refractivity contribution is 6.04. The van der Waals surface area contributed by atoms with Crippen molar-refractivity contribution < 1.29 is 19.5 Å². The van der Waals surface area contributed by atoms with Gasteiger partial charge in [0.1, 0.15) is 5.69 Å². The molecule has 0 atom stereocenters. The van der Waals surface area contributed by atoms with Crippen LogP contribution in [0.4, 0.5) is 16.2 Å². The lowest BCUT2D eigenvalue weighted by molar-refractivity contribution is 0.0690. The van der Waals surface area contributed by atoms with E-state index in [-0.39, 0.29) is 17.3 Å². The van der Waals surface area contributed by atoms with Crippen LogP contribution >= 0.6 is 0 Å². The summed E-state index contributed by atoms with van der Waals surface area (Å²) in [7, 11) is 0. The molecule has 8 nitrogen and oxygen atoms in total. The highest BCUT2D eigenvalue weighted by atomic mass is 16.4. The van der Waals surface area contributed by atoms with Crippen molar-refractivity contribution in [2.45, 2.75) is 25.7 Å². The van der Waals surface area contributed by atoms with Gasteiger partial charge in [0.15, 0.2) is 0 Å². The zero-order valence-electron chi connectivity index (χ0n) is 15.4. The van der Waals surface area contributed by atoms with Gasteiger partial charge in [-0.25, -0.2) is 14.6 Å². The highest BCUT2D eigenvalue weighted by Crippen LogP contribution is 2.16. The molecule has 146 valence electrons. The van der Waals surface area contributed by atoms with Crippen LogP contribution in [0.2, 0.25) is 0 Å². The summed E-state index contributed by atoms with van der Waals surface area (Å²) in [5, 5.41) is 14.4. The van der Waals surface area contributed by atoms with Crippen molar-refractivity contribution in [2.24, 2.45) is 0 Å². The predicted octanol–water partition coefficient (Wildman–Crippen LogP) is 3.44. The largest absolute Gasteiger partial charge is 0.477 e. The Hall–Kier alpha value is -3.42. The number of carboxylic acid groups (broad SMARTS) is 1. The van der Waals surface area contributed by atoms with Crippen LogP contribution in [0.5, 0.6) is 0 Å². The Morgan fingerprint density at radius 2 is 1.46 bits per heavy atom. The van der Waals surface area contributed by atoms with Gasteiger partial charge in [0.25, 0.3) is 5.91 Å². The van der Waals surface area contributed by atoms with Crippen molar-refractivity contribution in [3.05, 3.63) is 53.9 Å². The standard InChI is InChI=1S/C20H22N4O4/c25-18(14-5-10-17(19(26)27)21-13-14)22-15-6-8-16(9-7-15)23-20(28)24-11-3-1-2-4-12-24/h5-10,13H,1-4,11-12H2,(H,22,25)(H,23,28)(H,26,27). The summed E-state index contributed by atoms with van der Waals surface area (Å²) in [5.74, 6) is -1.55. The summed E-state index contributed by atoms with van der Waals surface area (Å²) in [6.07, 6.45) is 5.59. The van der Waals surface area contributed by atoms with Crippen molar-refractivity contribution in [3.8, 4) is 0 Å². The number of amides is 3. The molecule has 0 radical (unpaired) electrons. The van der Waals surface area contributed by atoms with E-state index < -0.39 is 11.9 Å². The fraction of sp³-hybridized carbons (Fsp3) is 0.300. The van der Waals surface area contributed by atoms with E-state index in [1.165, 1.54) is 18.3 Å². The molecular formula is C20H22N4O4. The van der Waals surface area contributed by atoms with Gasteiger partial charge in [0, 0.05) is 30.7 Å². The number of likely N-dealkylation sites (tertiary alicyclic amines) is 1. The summed E-state index contributed by atoms with van der Waals surface area (Å²) in [6, 6.07) is 9.39. The number of nitrogens with one attached hydrogen (secondary N) is 2. The van der Waals surface area contributed by atoms with Gasteiger partial charge in [-0.15, -0.1) is 0 Å². The van der Waals surface area contributed by atoms with Crippen LogP contribution in [0, 0.1) is 0 Å². The van der Waals surface area contributed by atoms with E-state index >= 15 is 0 Å². The maximum atomic E-state index is 12.3. The smallest absolute Gasteiger partial charge is 0.354 e. The number of aromatic nitrogens is 1. The minimum atomic E-state index is -1.15. The highest BCUT2D eigenvalue weighted by Gasteiger charge is 2.15. The molecule has 1 aliphatic rings. The van der Waals surface area contributed by atoms with E-state index in [9.17, 15) is 14.4 Å². The minimum absolute atomic E-state index is 0.108. The molecule has 1 aliphatic heterocycles. The summed E-state index contributed by atoms with van der Waals surface area (Å²) in [4.78, 5) is 40.9. The SMILES string of the molecule is O=C(Nc1ccc(NC(=O)N2CCCCCC2)cc1)c1ccc(C(=O)O)nc1. The summed E-state index contributed by atoms with van der Waals surface area (Å²) >= 11 is 0. The van der Waals surface area contributed by atoms with Gasteiger partial charge in [0.2, 0.25) is 0 Å². The van der Waals surface area contributed by atoms with E-state index in [2.05, 4.69) is 15.6 Å². The molecule has 0 bridgehead atoms. The molecule has 1 saturated heterocycles. The van der Waals surface area contributed by atoms with Crippen LogP contribution < -0.4 is 10.6 Å². The third-order valence-electron chi connectivity index (χ3n) is 4.53. The first kappa shape index (κ1) is 19.3. The molecule has 28 heavy (non-hydrogen) atoms. The van der Waals surface area contributed by atoms with Crippen molar-refractivity contribution in [3.63, 3.8) is 0 Å².